The van der Waals surface area contributed by atoms with Gasteiger partial charge in [-0.2, -0.15) is 13.2 Å². The normalized spacial score (nSPS) is 11.7. The summed E-state index contributed by atoms with van der Waals surface area (Å²) in [6.45, 7) is 4.53. The van der Waals surface area contributed by atoms with Gasteiger partial charge in [0.1, 0.15) is 11.4 Å². The third-order valence-electron chi connectivity index (χ3n) is 5.70. The van der Waals surface area contributed by atoms with Crippen molar-refractivity contribution in [3.05, 3.63) is 89.1 Å². The number of carbonyl (C=O) groups is 1. The molecule has 4 aromatic rings. The Labute approximate surface area is 200 Å². The number of amides is 1. The quantitative estimate of drug-likeness (QED) is 0.375. The second kappa shape index (κ2) is 9.77. The maximum absolute atomic E-state index is 13.4. The first-order valence-corrected chi connectivity index (χ1v) is 11.1. The third kappa shape index (κ3) is 5.13. The van der Waals surface area contributed by atoms with Crippen molar-refractivity contribution in [3.63, 3.8) is 0 Å². The highest BCUT2D eigenvalue weighted by Gasteiger charge is 2.32. The molecule has 3 aromatic heterocycles. The number of fused-ring (bicyclic) bond motifs is 1. The largest absolute Gasteiger partial charge is 0.497 e. The summed E-state index contributed by atoms with van der Waals surface area (Å²) in [7, 11) is 1.59. The minimum atomic E-state index is -4.51. The van der Waals surface area contributed by atoms with E-state index >= 15 is 0 Å². The molecule has 4 rings (SSSR count). The van der Waals surface area contributed by atoms with Crippen LogP contribution in [-0.4, -0.2) is 27.6 Å². The molecule has 0 aliphatic rings. The van der Waals surface area contributed by atoms with Crippen LogP contribution in [0.25, 0.3) is 10.9 Å². The van der Waals surface area contributed by atoms with Crippen molar-refractivity contribution in [1.82, 2.24) is 19.9 Å². The van der Waals surface area contributed by atoms with E-state index in [1.165, 1.54) is 6.07 Å². The fraction of sp³-hybridized carbons (Fsp3) is 0.269. The smallest absolute Gasteiger partial charge is 0.433 e. The molecule has 0 saturated heterocycles. The van der Waals surface area contributed by atoms with Crippen molar-refractivity contribution in [3.8, 4) is 5.75 Å². The third-order valence-corrected chi connectivity index (χ3v) is 5.70. The van der Waals surface area contributed by atoms with Gasteiger partial charge in [0.25, 0.3) is 5.91 Å². The van der Waals surface area contributed by atoms with Gasteiger partial charge in [-0.1, -0.05) is 26.0 Å². The summed E-state index contributed by atoms with van der Waals surface area (Å²) in [6.07, 6.45) is -1.66. The van der Waals surface area contributed by atoms with Crippen LogP contribution in [0.2, 0.25) is 0 Å². The molecule has 0 spiro atoms. The molecule has 0 bridgehead atoms. The Kier molecular flexibility index (Phi) is 6.77. The summed E-state index contributed by atoms with van der Waals surface area (Å²) in [4.78, 5) is 21.3. The molecular weight excluding hydrogens is 457 g/mol. The molecule has 0 saturated carbocycles. The Morgan fingerprint density at radius 1 is 1.11 bits per heavy atom. The summed E-state index contributed by atoms with van der Waals surface area (Å²) in [5, 5.41) is 3.60. The maximum atomic E-state index is 13.4. The van der Waals surface area contributed by atoms with Crippen LogP contribution in [-0.2, 0) is 19.3 Å². The number of aromatic nitrogens is 3. The lowest BCUT2D eigenvalue weighted by atomic mass is 10.0. The van der Waals surface area contributed by atoms with E-state index in [0.29, 0.717) is 23.4 Å². The number of benzene rings is 1. The topological polar surface area (TPSA) is 69.0 Å². The van der Waals surface area contributed by atoms with E-state index in [9.17, 15) is 18.0 Å². The number of nitrogens with zero attached hydrogens (tertiary/aromatic N) is 3. The van der Waals surface area contributed by atoms with Crippen molar-refractivity contribution < 1.29 is 22.7 Å². The molecular formula is C26H25F3N4O2. The molecule has 182 valence electrons. The van der Waals surface area contributed by atoms with E-state index < -0.39 is 11.9 Å². The highest BCUT2D eigenvalue weighted by atomic mass is 19.4. The minimum Gasteiger partial charge on any atom is -0.497 e. The van der Waals surface area contributed by atoms with Gasteiger partial charge in [0.15, 0.2) is 0 Å². The molecule has 0 aliphatic carbocycles. The number of pyridine rings is 2. The summed E-state index contributed by atoms with van der Waals surface area (Å²) in [5.41, 5.74) is 2.53. The van der Waals surface area contributed by atoms with Crippen molar-refractivity contribution in [2.75, 3.05) is 7.11 Å². The van der Waals surface area contributed by atoms with Crippen LogP contribution in [0.3, 0.4) is 0 Å². The predicted molar refractivity (Wildman–Crippen MR) is 126 cm³/mol. The second-order valence-corrected chi connectivity index (χ2v) is 8.44. The number of hydrogen-bond acceptors (Lipinski definition) is 4. The van der Waals surface area contributed by atoms with E-state index in [1.54, 1.807) is 19.4 Å². The van der Waals surface area contributed by atoms with Gasteiger partial charge < -0.3 is 14.6 Å². The molecule has 0 unspecified atom stereocenters. The number of halogens is 3. The number of rotatable bonds is 7. The lowest BCUT2D eigenvalue weighted by Crippen LogP contribution is -2.24. The first-order chi connectivity index (χ1) is 16.7. The molecule has 1 amide bonds. The summed E-state index contributed by atoms with van der Waals surface area (Å²) in [5.74, 6) is 0.351. The van der Waals surface area contributed by atoms with E-state index in [0.717, 1.165) is 34.6 Å². The van der Waals surface area contributed by atoms with Crippen LogP contribution in [0.15, 0.2) is 60.9 Å². The average molecular weight is 483 g/mol. The van der Waals surface area contributed by atoms with Gasteiger partial charge in [0.05, 0.1) is 30.4 Å². The van der Waals surface area contributed by atoms with Crippen LogP contribution in [0.4, 0.5) is 13.2 Å². The lowest BCUT2D eigenvalue weighted by molar-refractivity contribution is -0.141. The summed E-state index contributed by atoms with van der Waals surface area (Å²) < 4.78 is 45.9. The number of hydrogen-bond donors (Lipinski definition) is 1. The minimum absolute atomic E-state index is 0.00518. The molecule has 1 aromatic carbocycles. The van der Waals surface area contributed by atoms with Gasteiger partial charge >= 0.3 is 6.18 Å². The van der Waals surface area contributed by atoms with Crippen molar-refractivity contribution >= 4 is 16.8 Å². The zero-order chi connectivity index (χ0) is 25.2. The molecule has 0 radical (unpaired) electrons. The monoisotopic (exact) mass is 482 g/mol. The second-order valence-electron chi connectivity index (χ2n) is 8.44. The highest BCUT2D eigenvalue weighted by Crippen LogP contribution is 2.34. The van der Waals surface area contributed by atoms with Crippen LogP contribution in [0, 0.1) is 0 Å². The number of methoxy groups -OCH3 is 1. The first-order valence-electron chi connectivity index (χ1n) is 11.1. The van der Waals surface area contributed by atoms with E-state index in [2.05, 4.69) is 19.9 Å². The Morgan fingerprint density at radius 2 is 1.91 bits per heavy atom. The predicted octanol–water partition coefficient (Wildman–Crippen LogP) is 5.56. The molecule has 0 fully saturated rings. The zero-order valence-electron chi connectivity index (χ0n) is 19.6. The Bertz CT molecular complexity index is 1330. The molecule has 0 aliphatic heterocycles. The number of carbonyl (C=O) groups excluding carboxylic acids is 1. The lowest BCUT2D eigenvalue weighted by Gasteiger charge is -2.15. The van der Waals surface area contributed by atoms with Gasteiger partial charge in [0.2, 0.25) is 0 Å². The molecule has 1 N–H and O–H groups in total. The van der Waals surface area contributed by atoms with Gasteiger partial charge in [-0.3, -0.25) is 14.8 Å². The Balaban J connectivity index is 1.71. The summed E-state index contributed by atoms with van der Waals surface area (Å²) in [6, 6.07) is 13.4. The highest BCUT2D eigenvalue weighted by molar-refractivity contribution is 6.09. The van der Waals surface area contributed by atoms with Gasteiger partial charge in [-0.25, -0.2) is 0 Å². The average Bonchev–Trinajstić information content (AvgIpc) is 3.16. The standard InChI is InChI=1S/C26H25F3N4O2/c1-16(2)24-23(25(34)32-14-17-7-10-22(31-13-17)26(27,28)29)20-9-8-19(35-3)12-21(20)33(24)15-18-6-4-5-11-30-18/h4-13,16H,14-15H2,1-3H3,(H,32,34). The molecule has 6 nitrogen and oxygen atoms in total. The van der Waals surface area contributed by atoms with Gasteiger partial charge in [0, 0.05) is 36.1 Å². The SMILES string of the molecule is COc1ccc2c(C(=O)NCc3ccc(C(F)(F)F)nc3)c(C(C)C)n(Cc3ccccn3)c2c1. The van der Waals surface area contributed by atoms with Gasteiger partial charge in [-0.15, -0.1) is 0 Å². The Morgan fingerprint density at radius 3 is 2.51 bits per heavy atom. The van der Waals surface area contributed by atoms with E-state index in [4.69, 9.17) is 4.74 Å². The van der Waals surface area contributed by atoms with Crippen LogP contribution >= 0.6 is 0 Å². The van der Waals surface area contributed by atoms with Crippen molar-refractivity contribution in [1.29, 1.82) is 0 Å². The van der Waals surface area contributed by atoms with Gasteiger partial charge in [-0.05, 0) is 41.8 Å². The van der Waals surface area contributed by atoms with Crippen LogP contribution in [0.1, 0.15) is 52.8 Å². The number of alkyl halides is 3. The fourth-order valence-electron chi connectivity index (χ4n) is 4.11. The van der Waals surface area contributed by atoms with Crippen LogP contribution < -0.4 is 10.1 Å². The Hall–Kier alpha value is -3.88. The number of nitrogens with one attached hydrogen (secondary N) is 1. The summed E-state index contributed by atoms with van der Waals surface area (Å²) >= 11 is 0. The molecule has 0 atom stereocenters. The zero-order valence-corrected chi connectivity index (χ0v) is 19.6. The fourth-order valence-corrected chi connectivity index (χ4v) is 4.11. The van der Waals surface area contributed by atoms with Crippen molar-refractivity contribution in [2.24, 2.45) is 0 Å². The van der Waals surface area contributed by atoms with Crippen molar-refractivity contribution in [2.45, 2.75) is 39.0 Å². The molecule has 35 heavy (non-hydrogen) atoms. The van der Waals surface area contributed by atoms with Crippen LogP contribution in [0.5, 0.6) is 5.75 Å². The number of ether oxygens (including phenoxy) is 1. The first kappa shape index (κ1) is 24.3. The molecule has 3 heterocycles. The van der Waals surface area contributed by atoms with E-state index in [1.807, 2.05) is 44.2 Å². The maximum Gasteiger partial charge on any atom is 0.433 e. The van der Waals surface area contributed by atoms with E-state index in [-0.39, 0.29) is 18.4 Å². The molecule has 9 heteroatoms.